The second kappa shape index (κ2) is 28.4. The van der Waals surface area contributed by atoms with E-state index in [-0.39, 0.29) is 70.5 Å². The number of benzene rings is 5. The first kappa shape index (κ1) is 70.0. The molecular formula is C66H67ClN8O18. The number of halogens is 1. The van der Waals surface area contributed by atoms with Crippen molar-refractivity contribution < 1.29 is 62.9 Å². The summed E-state index contributed by atoms with van der Waals surface area (Å²) in [5.74, 6) is 0.0641. The minimum atomic E-state index is -0.739. The number of amides is 2. The van der Waals surface area contributed by atoms with Crippen LogP contribution in [0.2, 0.25) is 0 Å². The largest absolute Gasteiger partial charge is 0.444 e. The first-order valence-corrected chi connectivity index (χ1v) is 29.2. The average molecular weight is 1300 g/mol. The maximum absolute atomic E-state index is 13.3. The van der Waals surface area contributed by atoms with Crippen molar-refractivity contribution >= 4 is 101 Å². The van der Waals surface area contributed by atoms with Crippen LogP contribution in [0.25, 0.3) is 24.3 Å². The molecule has 3 aliphatic carbocycles. The molecule has 27 heteroatoms. The van der Waals surface area contributed by atoms with Crippen LogP contribution in [-0.2, 0) is 23.9 Å². The molecular weight excluding hydrogens is 1230 g/mol. The van der Waals surface area contributed by atoms with Gasteiger partial charge in [-0.3, -0.25) is 69.7 Å². The summed E-state index contributed by atoms with van der Waals surface area (Å²) in [7, 11) is 0. The Hall–Kier alpha value is -10.5. The number of aldehydes is 1. The maximum Gasteiger partial charge on any atom is 0.410 e. The quantitative estimate of drug-likeness (QED) is 0.0587. The highest BCUT2D eigenvalue weighted by atomic mass is 35.5. The van der Waals surface area contributed by atoms with Crippen molar-refractivity contribution in [3.8, 4) is 0 Å². The minimum Gasteiger partial charge on any atom is -0.444 e. The number of nitrogens with zero attached hydrogens (tertiary/aromatic N) is 7. The number of ether oxygens (including phenoxy) is 2. The number of nitrogens with one attached hydrogen (secondary N) is 1. The molecule has 486 valence electrons. The van der Waals surface area contributed by atoms with Crippen LogP contribution in [0.15, 0.2) is 144 Å². The molecule has 5 aromatic rings. The Bertz CT molecular complexity index is 3730. The van der Waals surface area contributed by atoms with Crippen LogP contribution in [0.5, 0.6) is 0 Å². The molecule has 3 spiro atoms. The van der Waals surface area contributed by atoms with Gasteiger partial charge in [0.05, 0.1) is 24.6 Å². The molecule has 0 atom stereocenters. The molecule has 0 unspecified atom stereocenters. The normalized spacial score (nSPS) is 20.8. The van der Waals surface area contributed by atoms with Crippen molar-refractivity contribution in [3.63, 3.8) is 0 Å². The molecule has 2 amide bonds. The van der Waals surface area contributed by atoms with Gasteiger partial charge in [-0.05, 0) is 175 Å². The zero-order valence-electron chi connectivity index (χ0n) is 51.6. The SMILES string of the molecule is CC(C)(C)OC(=O)N1CCC2(C1)/C(=C\c1ccc([N+](=O)[O-])cc1)C(=O)/C2=C/c1ccc([N+](=O)[O-])cc1.CC(C)(C)OC(=O)N1CCC2(CC(=O)C2)C1.Cl.O=C1/C(=C/c2ccc([N+](=O)[O-])cc2)C2(CCNC2)/C1=C\c1ccc([N+](=O)[O-])cc1.O=Cc1ccc([N+](=O)[O-])cc1. The van der Waals surface area contributed by atoms with E-state index in [2.05, 4.69) is 5.32 Å². The lowest BCUT2D eigenvalue weighted by Crippen LogP contribution is -2.47. The first-order valence-electron chi connectivity index (χ1n) is 29.2. The van der Waals surface area contributed by atoms with Crippen molar-refractivity contribution in [2.75, 3.05) is 39.3 Å². The van der Waals surface area contributed by atoms with Crippen LogP contribution in [0.4, 0.5) is 38.0 Å². The zero-order chi connectivity index (χ0) is 67.1. The molecule has 6 aliphatic rings. The Morgan fingerprint density at radius 2 is 0.763 bits per heavy atom. The van der Waals surface area contributed by atoms with Gasteiger partial charge in [0.1, 0.15) is 23.3 Å². The molecule has 26 nitrogen and oxygen atoms in total. The van der Waals surface area contributed by atoms with Gasteiger partial charge in [0.25, 0.3) is 28.4 Å². The standard InChI is InChI=1S/C26H25N3O7.C21H17N3O5.C12H19NO3.C7H5NO3.ClH/c1-25(2,3)36-24(31)27-13-12-26(16-27)21(14-17-4-8-19(9-5-17)28(32)33)23(30)22(26)15-18-6-10-20(11-7-18)29(34)35;25-20-18(11-14-1-5-16(6-2-14)23(26)27)21(9-10-22-13-21)19(20)12-15-3-7-17(8-4-15)24(28)29;1-11(2,3)16-10(15)13-5-4-12(8-13)6-9(14)7-12;9-5-6-1-3-7(4-2-6)8(10)11;/h4-11,14-15H,12-13,16H2,1-3H3;1-8,11-12,22H,9-10,13H2;4-8H2,1-3H3;1-5H;1H/b21-14-,22-15-;18-11-,19-12-;;;. The monoisotopic (exact) mass is 1290 g/mol. The Morgan fingerprint density at radius 3 is 1.04 bits per heavy atom. The number of nitro groups is 5. The summed E-state index contributed by atoms with van der Waals surface area (Å²) in [6.07, 6.45) is 10.4. The Kier molecular flexibility index (Phi) is 21.3. The molecule has 5 aromatic carbocycles. The van der Waals surface area contributed by atoms with Gasteiger partial charge in [0.2, 0.25) is 0 Å². The number of Topliss-reactive ketones (excluding diaryl/α,β-unsaturated/α-hetero) is 3. The van der Waals surface area contributed by atoms with Gasteiger partial charge < -0.3 is 24.6 Å². The number of rotatable bonds is 10. The molecule has 0 radical (unpaired) electrons. The third-order valence-corrected chi connectivity index (χ3v) is 16.3. The molecule has 11 rings (SSSR count). The van der Waals surface area contributed by atoms with Crippen molar-refractivity contribution in [3.05, 3.63) is 222 Å². The average Bonchev–Trinajstić information content (AvgIpc) is 1.71. The lowest BCUT2D eigenvalue weighted by Gasteiger charge is -2.43. The zero-order valence-corrected chi connectivity index (χ0v) is 52.4. The number of carbonyl (C=O) groups excluding carboxylic acids is 6. The summed E-state index contributed by atoms with van der Waals surface area (Å²) in [5, 5.41) is 57.0. The lowest BCUT2D eigenvalue weighted by atomic mass is 9.58. The van der Waals surface area contributed by atoms with Crippen molar-refractivity contribution in [1.82, 2.24) is 15.1 Å². The van der Waals surface area contributed by atoms with Gasteiger partial charge in [-0.2, -0.15) is 0 Å². The molecule has 3 aliphatic heterocycles. The highest BCUT2D eigenvalue weighted by Gasteiger charge is 2.58. The van der Waals surface area contributed by atoms with Gasteiger partial charge in [-0.1, -0.05) is 0 Å². The first-order chi connectivity index (χ1) is 43.3. The van der Waals surface area contributed by atoms with Gasteiger partial charge >= 0.3 is 12.2 Å². The van der Waals surface area contributed by atoms with Gasteiger partial charge in [-0.25, -0.2) is 9.59 Å². The fourth-order valence-corrected chi connectivity index (χ4v) is 11.6. The number of nitro benzene ring substituents is 5. The highest BCUT2D eigenvalue weighted by Crippen LogP contribution is 2.56. The third kappa shape index (κ3) is 16.5. The molecule has 6 fully saturated rings. The molecule has 0 aromatic heterocycles. The lowest BCUT2D eigenvalue weighted by molar-refractivity contribution is -0.385. The summed E-state index contributed by atoms with van der Waals surface area (Å²) in [6, 6.07) is 29.4. The van der Waals surface area contributed by atoms with Gasteiger partial charge in [0, 0.05) is 150 Å². The maximum atomic E-state index is 13.3. The van der Waals surface area contributed by atoms with Crippen molar-refractivity contribution in [2.45, 2.75) is 84.8 Å². The Labute approximate surface area is 539 Å². The fraction of sp³-hybridized carbons (Fsp3) is 0.333. The Morgan fingerprint density at radius 1 is 0.462 bits per heavy atom. The van der Waals surface area contributed by atoms with Gasteiger partial charge in [-0.15, -0.1) is 12.4 Å². The predicted molar refractivity (Wildman–Crippen MR) is 344 cm³/mol. The molecule has 3 saturated carbocycles. The van der Waals surface area contributed by atoms with Crippen LogP contribution in [0, 0.1) is 66.8 Å². The predicted octanol–water partition coefficient (Wildman–Crippen LogP) is 12.5. The van der Waals surface area contributed by atoms with Crippen LogP contribution < -0.4 is 5.32 Å². The molecule has 3 heterocycles. The molecule has 0 bridgehead atoms. The number of carbonyl (C=O) groups is 6. The van der Waals surface area contributed by atoms with Crippen molar-refractivity contribution in [1.29, 1.82) is 0 Å². The topological polar surface area (TPSA) is 355 Å². The van der Waals surface area contributed by atoms with E-state index in [9.17, 15) is 79.3 Å². The highest BCUT2D eigenvalue weighted by molar-refractivity contribution is 6.25. The van der Waals surface area contributed by atoms with Crippen LogP contribution in [0.1, 0.15) is 106 Å². The van der Waals surface area contributed by atoms with E-state index in [0.717, 1.165) is 37.1 Å². The summed E-state index contributed by atoms with van der Waals surface area (Å²) in [6.45, 7) is 14.4. The summed E-state index contributed by atoms with van der Waals surface area (Å²) < 4.78 is 10.8. The van der Waals surface area contributed by atoms with Crippen molar-refractivity contribution in [2.24, 2.45) is 16.2 Å². The summed E-state index contributed by atoms with van der Waals surface area (Å²) >= 11 is 0. The van der Waals surface area contributed by atoms with E-state index in [1.54, 1.807) is 103 Å². The smallest absolute Gasteiger partial charge is 0.410 e. The van der Waals surface area contributed by atoms with Crippen LogP contribution >= 0.6 is 12.4 Å². The second-order valence-corrected chi connectivity index (χ2v) is 25.0. The van der Waals surface area contributed by atoms with E-state index in [0.29, 0.717) is 89.9 Å². The molecule has 1 N–H and O–H groups in total. The molecule has 93 heavy (non-hydrogen) atoms. The number of hydrogen-bond acceptors (Lipinski definition) is 19. The Balaban J connectivity index is 0.000000190. The number of likely N-dealkylation sites (tertiary alicyclic amines) is 2. The number of non-ortho nitro benzene ring substituents is 5. The van der Waals surface area contributed by atoms with E-state index < -0.39 is 52.7 Å². The molecule has 3 saturated heterocycles. The van der Waals surface area contributed by atoms with E-state index >= 15 is 0 Å². The van der Waals surface area contributed by atoms with Crippen LogP contribution in [0.3, 0.4) is 0 Å². The minimum absolute atomic E-state index is 0. The number of ketones is 3. The summed E-state index contributed by atoms with van der Waals surface area (Å²) in [4.78, 5) is 126. The fourth-order valence-electron chi connectivity index (χ4n) is 11.6. The second-order valence-electron chi connectivity index (χ2n) is 25.0. The third-order valence-electron chi connectivity index (χ3n) is 16.3. The van der Waals surface area contributed by atoms with E-state index in [4.69, 9.17) is 9.47 Å². The van der Waals surface area contributed by atoms with E-state index in [1.165, 1.54) is 72.8 Å². The number of hydrogen-bond donors (Lipinski definition) is 1. The van der Waals surface area contributed by atoms with E-state index in [1.807, 2.05) is 20.8 Å². The van der Waals surface area contributed by atoms with Gasteiger partial charge in [0.15, 0.2) is 11.6 Å². The summed E-state index contributed by atoms with van der Waals surface area (Å²) in [5.41, 5.74) is 3.30. The van der Waals surface area contributed by atoms with Crippen LogP contribution in [-0.4, -0.2) is 121 Å².